The fraction of sp³-hybridized carbons (Fsp3) is 0.333. The largest absolute Gasteiger partial charge is 0.492 e. The number of carbonyl (C=O) groups excluding carboxylic acids is 2. The number of rotatable bonds is 4. The Morgan fingerprint density at radius 2 is 2.22 bits per heavy atom. The molecule has 96 valence electrons. The molecule has 0 unspecified atom stereocenters. The van der Waals surface area contributed by atoms with Gasteiger partial charge in [-0.15, -0.1) is 0 Å². The number of anilines is 1. The first-order valence-corrected chi connectivity index (χ1v) is 5.70. The first kappa shape index (κ1) is 12.4. The molecule has 2 amide bonds. The second-order valence-electron chi connectivity index (χ2n) is 3.89. The lowest BCUT2D eigenvalue weighted by Crippen LogP contribution is -2.51. The zero-order valence-electron chi connectivity index (χ0n) is 9.89. The van der Waals surface area contributed by atoms with Crippen molar-refractivity contribution in [2.45, 2.75) is 0 Å². The molecule has 1 aromatic rings. The summed E-state index contributed by atoms with van der Waals surface area (Å²) in [4.78, 5) is 24.5. The molecule has 1 saturated heterocycles. The number of hydrogen-bond acceptors (Lipinski definition) is 4. The summed E-state index contributed by atoms with van der Waals surface area (Å²) in [6, 6.07) is 7.06. The van der Waals surface area contributed by atoms with E-state index in [2.05, 4.69) is 5.32 Å². The molecule has 0 atom stereocenters. The third kappa shape index (κ3) is 2.78. The molecule has 1 heterocycles. The summed E-state index contributed by atoms with van der Waals surface area (Å²) in [6.07, 6.45) is 0. The van der Waals surface area contributed by atoms with E-state index in [4.69, 9.17) is 10.5 Å². The van der Waals surface area contributed by atoms with Gasteiger partial charge >= 0.3 is 0 Å². The monoisotopic (exact) mass is 249 g/mol. The molecule has 1 aromatic carbocycles. The van der Waals surface area contributed by atoms with E-state index >= 15 is 0 Å². The van der Waals surface area contributed by atoms with Gasteiger partial charge in [0.05, 0.1) is 6.54 Å². The minimum absolute atomic E-state index is 0.0344. The van der Waals surface area contributed by atoms with E-state index in [0.717, 1.165) is 0 Å². The van der Waals surface area contributed by atoms with Crippen molar-refractivity contribution in [1.82, 2.24) is 5.32 Å². The van der Waals surface area contributed by atoms with E-state index in [1.807, 2.05) is 0 Å². The molecule has 0 aromatic heterocycles. The number of benzene rings is 1. The normalized spacial score (nSPS) is 15.5. The summed E-state index contributed by atoms with van der Waals surface area (Å²) < 4.78 is 5.39. The van der Waals surface area contributed by atoms with Gasteiger partial charge in [-0.2, -0.15) is 0 Å². The van der Waals surface area contributed by atoms with Crippen LogP contribution in [-0.4, -0.2) is 38.1 Å². The van der Waals surface area contributed by atoms with Crippen LogP contribution in [0.2, 0.25) is 0 Å². The average Bonchev–Trinajstić information content (AvgIpc) is 2.39. The standard InChI is InChI=1S/C12H15N3O3/c13-4-5-18-10-3-1-2-9(6-10)15-8-11(16)14-7-12(15)17/h1-3,6H,4-5,7-8,13H2,(H,14,16). The highest BCUT2D eigenvalue weighted by atomic mass is 16.5. The molecule has 3 N–H and O–H groups in total. The molecule has 0 saturated carbocycles. The number of piperazine rings is 1. The maximum Gasteiger partial charge on any atom is 0.246 e. The van der Waals surface area contributed by atoms with Gasteiger partial charge in [0.15, 0.2) is 0 Å². The van der Waals surface area contributed by atoms with Gasteiger partial charge in [0, 0.05) is 18.3 Å². The average molecular weight is 249 g/mol. The Balaban J connectivity index is 2.16. The molecule has 1 aliphatic rings. The maximum atomic E-state index is 11.7. The number of hydrogen-bond donors (Lipinski definition) is 2. The molecule has 1 aliphatic heterocycles. The lowest BCUT2D eigenvalue weighted by atomic mass is 10.2. The molecular formula is C12H15N3O3. The van der Waals surface area contributed by atoms with Crippen molar-refractivity contribution < 1.29 is 14.3 Å². The van der Waals surface area contributed by atoms with Crippen LogP contribution in [-0.2, 0) is 9.59 Å². The highest BCUT2D eigenvalue weighted by molar-refractivity contribution is 6.04. The van der Waals surface area contributed by atoms with Gasteiger partial charge in [0.1, 0.15) is 18.9 Å². The van der Waals surface area contributed by atoms with Crippen LogP contribution < -0.4 is 20.7 Å². The summed E-state index contributed by atoms with van der Waals surface area (Å²) in [5.74, 6) is 0.338. The van der Waals surface area contributed by atoms with Crippen LogP contribution in [0.25, 0.3) is 0 Å². The summed E-state index contributed by atoms with van der Waals surface area (Å²) >= 11 is 0. The molecular weight excluding hydrogens is 234 g/mol. The number of carbonyl (C=O) groups is 2. The lowest BCUT2D eigenvalue weighted by Gasteiger charge is -2.26. The van der Waals surface area contributed by atoms with Crippen LogP contribution in [0.1, 0.15) is 0 Å². The topological polar surface area (TPSA) is 84.7 Å². The van der Waals surface area contributed by atoms with Crippen molar-refractivity contribution in [2.75, 3.05) is 31.1 Å². The molecule has 6 nitrogen and oxygen atoms in total. The summed E-state index contributed by atoms with van der Waals surface area (Å²) in [6.45, 7) is 0.916. The Bertz CT molecular complexity index is 462. The first-order valence-electron chi connectivity index (χ1n) is 5.70. The number of nitrogens with one attached hydrogen (secondary N) is 1. The number of amides is 2. The first-order chi connectivity index (χ1) is 8.70. The highest BCUT2D eigenvalue weighted by Gasteiger charge is 2.24. The highest BCUT2D eigenvalue weighted by Crippen LogP contribution is 2.21. The second kappa shape index (κ2) is 5.50. The summed E-state index contributed by atoms with van der Waals surface area (Å²) in [5.41, 5.74) is 6.01. The van der Waals surface area contributed by atoms with Crippen molar-refractivity contribution in [3.05, 3.63) is 24.3 Å². The molecule has 0 spiro atoms. The molecule has 1 fully saturated rings. The van der Waals surface area contributed by atoms with E-state index in [-0.39, 0.29) is 24.9 Å². The van der Waals surface area contributed by atoms with Crippen LogP contribution in [0.3, 0.4) is 0 Å². The maximum absolute atomic E-state index is 11.7. The van der Waals surface area contributed by atoms with Gasteiger partial charge in [-0.3, -0.25) is 9.59 Å². The summed E-state index contributed by atoms with van der Waals surface area (Å²) in [5, 5.41) is 2.50. The smallest absolute Gasteiger partial charge is 0.246 e. The Morgan fingerprint density at radius 1 is 1.39 bits per heavy atom. The SMILES string of the molecule is NCCOc1cccc(N2CC(=O)NCC2=O)c1. The predicted octanol–water partition coefficient (Wildman–Crippen LogP) is -0.513. The third-order valence-electron chi connectivity index (χ3n) is 2.56. The van der Waals surface area contributed by atoms with E-state index in [1.54, 1.807) is 24.3 Å². The van der Waals surface area contributed by atoms with E-state index in [0.29, 0.717) is 24.6 Å². The quantitative estimate of drug-likeness (QED) is 0.752. The van der Waals surface area contributed by atoms with Gasteiger partial charge in [-0.1, -0.05) is 6.07 Å². The van der Waals surface area contributed by atoms with Crippen molar-refractivity contribution in [3.8, 4) is 5.75 Å². The van der Waals surface area contributed by atoms with Crippen molar-refractivity contribution in [1.29, 1.82) is 0 Å². The van der Waals surface area contributed by atoms with Crippen molar-refractivity contribution >= 4 is 17.5 Å². The molecule has 2 rings (SSSR count). The minimum atomic E-state index is -0.164. The molecule has 0 bridgehead atoms. The van der Waals surface area contributed by atoms with E-state index in [1.165, 1.54) is 4.90 Å². The van der Waals surface area contributed by atoms with Crippen LogP contribution in [0.4, 0.5) is 5.69 Å². The number of ether oxygens (including phenoxy) is 1. The van der Waals surface area contributed by atoms with Crippen LogP contribution in [0, 0.1) is 0 Å². The van der Waals surface area contributed by atoms with Gasteiger partial charge < -0.3 is 20.7 Å². The third-order valence-corrected chi connectivity index (χ3v) is 2.56. The fourth-order valence-electron chi connectivity index (χ4n) is 1.71. The zero-order valence-corrected chi connectivity index (χ0v) is 9.89. The van der Waals surface area contributed by atoms with Crippen LogP contribution >= 0.6 is 0 Å². The molecule has 0 aliphatic carbocycles. The fourth-order valence-corrected chi connectivity index (χ4v) is 1.71. The lowest BCUT2D eigenvalue weighted by molar-refractivity contribution is -0.128. The van der Waals surface area contributed by atoms with E-state index in [9.17, 15) is 9.59 Å². The molecule has 18 heavy (non-hydrogen) atoms. The Morgan fingerprint density at radius 3 is 3.00 bits per heavy atom. The Kier molecular flexibility index (Phi) is 3.78. The summed E-state index contributed by atoms with van der Waals surface area (Å²) in [7, 11) is 0. The number of nitrogens with two attached hydrogens (primary N) is 1. The minimum Gasteiger partial charge on any atom is -0.492 e. The second-order valence-corrected chi connectivity index (χ2v) is 3.89. The molecule has 0 radical (unpaired) electrons. The van der Waals surface area contributed by atoms with Crippen molar-refractivity contribution in [3.63, 3.8) is 0 Å². The van der Waals surface area contributed by atoms with Crippen molar-refractivity contribution in [2.24, 2.45) is 5.73 Å². The van der Waals surface area contributed by atoms with Gasteiger partial charge in [-0.25, -0.2) is 0 Å². The van der Waals surface area contributed by atoms with Gasteiger partial charge in [0.2, 0.25) is 11.8 Å². The molecule has 6 heteroatoms. The van der Waals surface area contributed by atoms with Crippen LogP contribution in [0.15, 0.2) is 24.3 Å². The Hall–Kier alpha value is -2.08. The van der Waals surface area contributed by atoms with Gasteiger partial charge in [0.25, 0.3) is 0 Å². The van der Waals surface area contributed by atoms with E-state index < -0.39 is 0 Å². The zero-order chi connectivity index (χ0) is 13.0. The predicted molar refractivity (Wildman–Crippen MR) is 66.4 cm³/mol. The Labute approximate surface area is 105 Å². The number of nitrogens with zero attached hydrogens (tertiary/aromatic N) is 1. The van der Waals surface area contributed by atoms with Gasteiger partial charge in [-0.05, 0) is 12.1 Å². The van der Waals surface area contributed by atoms with Crippen LogP contribution in [0.5, 0.6) is 5.75 Å².